The number of carbonyl (C=O) groups is 1. The fourth-order valence-electron chi connectivity index (χ4n) is 4.61. The van der Waals surface area contributed by atoms with Gasteiger partial charge in [0.15, 0.2) is 0 Å². The van der Waals surface area contributed by atoms with E-state index in [4.69, 9.17) is 19.2 Å². The number of hydrogen-bond donors (Lipinski definition) is 0. The van der Waals surface area contributed by atoms with Crippen LogP contribution in [0.1, 0.15) is 50.8 Å². The van der Waals surface area contributed by atoms with Crippen molar-refractivity contribution in [2.24, 2.45) is 0 Å². The number of pyridine rings is 1. The summed E-state index contributed by atoms with van der Waals surface area (Å²) in [6.07, 6.45) is 5.24. The molecule has 2 aromatic carbocycles. The highest BCUT2D eigenvalue weighted by Crippen LogP contribution is 2.33. The van der Waals surface area contributed by atoms with E-state index in [0.29, 0.717) is 38.1 Å². The molecule has 8 heteroatoms. The number of nitrogens with zero attached hydrogens (tertiary/aromatic N) is 4. The molecule has 1 saturated heterocycles. The van der Waals surface area contributed by atoms with Crippen LogP contribution in [-0.2, 0) is 18.0 Å². The number of amides is 1. The summed E-state index contributed by atoms with van der Waals surface area (Å²) in [4.78, 5) is 18.9. The average molecular weight is 541 g/mol. The predicted molar refractivity (Wildman–Crippen MR) is 153 cm³/mol. The second-order valence-corrected chi connectivity index (χ2v) is 11.0. The van der Waals surface area contributed by atoms with Gasteiger partial charge in [-0.05, 0) is 50.8 Å². The third-order valence-electron chi connectivity index (χ3n) is 6.69. The minimum absolute atomic E-state index is 0.197. The summed E-state index contributed by atoms with van der Waals surface area (Å²) in [6, 6.07) is 24.1. The second kappa shape index (κ2) is 12.2. The molecule has 40 heavy (non-hydrogen) atoms. The number of rotatable bonds is 8. The first-order valence-electron chi connectivity index (χ1n) is 13.7. The Balaban J connectivity index is 1.30. The Morgan fingerprint density at radius 3 is 2.12 bits per heavy atom. The van der Waals surface area contributed by atoms with Crippen LogP contribution < -0.4 is 9.47 Å². The molecule has 1 aliphatic rings. The molecule has 0 radical (unpaired) electrons. The number of hydrogen-bond acceptors (Lipinski definition) is 6. The van der Waals surface area contributed by atoms with E-state index in [-0.39, 0.29) is 12.1 Å². The Labute approximate surface area is 235 Å². The molecule has 4 aromatic rings. The minimum Gasteiger partial charge on any atom is -0.473 e. The molecule has 8 nitrogen and oxygen atoms in total. The van der Waals surface area contributed by atoms with E-state index in [1.165, 1.54) is 0 Å². The number of aromatic nitrogens is 3. The smallest absolute Gasteiger partial charge is 0.410 e. The van der Waals surface area contributed by atoms with Crippen molar-refractivity contribution in [3.8, 4) is 22.9 Å². The van der Waals surface area contributed by atoms with Crippen molar-refractivity contribution >= 4 is 6.09 Å². The maximum Gasteiger partial charge on any atom is 0.410 e. The normalized spacial score (nSPS) is 14.1. The molecule has 1 aliphatic heterocycles. The Kier molecular flexibility index (Phi) is 8.34. The average Bonchev–Trinajstić information content (AvgIpc) is 3.45. The highest BCUT2D eigenvalue weighted by Gasteiger charge is 2.28. The fraction of sp³-hybridized carbons (Fsp3) is 0.344. The third kappa shape index (κ3) is 7.20. The Morgan fingerprint density at radius 1 is 0.875 bits per heavy atom. The topological polar surface area (TPSA) is 78.7 Å². The van der Waals surface area contributed by atoms with Crippen molar-refractivity contribution in [1.29, 1.82) is 0 Å². The number of ether oxygens (including phenoxy) is 3. The number of benzene rings is 2. The number of piperidine rings is 1. The van der Waals surface area contributed by atoms with E-state index >= 15 is 0 Å². The fourth-order valence-corrected chi connectivity index (χ4v) is 4.61. The molecular formula is C32H36N4O4. The van der Waals surface area contributed by atoms with E-state index < -0.39 is 5.60 Å². The maximum atomic E-state index is 12.5. The SMILES string of the molecule is CC(C)(C)OC(=O)N1CCC(n2cc(-c3ccc(OCc4ccccc4)nc3OCc3ccccc3)cn2)CC1. The van der Waals surface area contributed by atoms with Crippen LogP contribution in [0.15, 0.2) is 85.2 Å². The van der Waals surface area contributed by atoms with Crippen LogP contribution in [0.3, 0.4) is 0 Å². The van der Waals surface area contributed by atoms with Gasteiger partial charge in [0.25, 0.3) is 0 Å². The molecule has 5 rings (SSSR count). The zero-order valence-corrected chi connectivity index (χ0v) is 23.3. The van der Waals surface area contributed by atoms with Gasteiger partial charge in [-0.1, -0.05) is 60.7 Å². The van der Waals surface area contributed by atoms with Gasteiger partial charge in [-0.2, -0.15) is 10.1 Å². The lowest BCUT2D eigenvalue weighted by atomic mass is 10.1. The third-order valence-corrected chi connectivity index (χ3v) is 6.69. The first kappa shape index (κ1) is 27.2. The molecule has 0 bridgehead atoms. The zero-order valence-electron chi connectivity index (χ0n) is 23.3. The first-order valence-corrected chi connectivity index (χ1v) is 13.7. The summed E-state index contributed by atoms with van der Waals surface area (Å²) < 4.78 is 19.7. The van der Waals surface area contributed by atoms with E-state index in [0.717, 1.165) is 35.1 Å². The second-order valence-electron chi connectivity index (χ2n) is 11.0. The summed E-state index contributed by atoms with van der Waals surface area (Å²) in [7, 11) is 0. The molecule has 3 heterocycles. The quantitative estimate of drug-likeness (QED) is 0.248. The van der Waals surface area contributed by atoms with Gasteiger partial charge in [0.1, 0.15) is 18.8 Å². The largest absolute Gasteiger partial charge is 0.473 e. The molecule has 0 aliphatic carbocycles. The lowest BCUT2D eigenvalue weighted by Crippen LogP contribution is -2.42. The van der Waals surface area contributed by atoms with Gasteiger partial charge in [-0.15, -0.1) is 0 Å². The molecule has 0 spiro atoms. The van der Waals surface area contributed by atoms with E-state index in [1.807, 2.05) is 111 Å². The summed E-state index contributed by atoms with van der Waals surface area (Å²) in [6.45, 7) is 7.74. The Hall–Kier alpha value is -4.33. The zero-order chi connectivity index (χ0) is 28.0. The van der Waals surface area contributed by atoms with E-state index in [9.17, 15) is 4.79 Å². The molecule has 0 N–H and O–H groups in total. The van der Waals surface area contributed by atoms with Crippen molar-refractivity contribution in [3.63, 3.8) is 0 Å². The lowest BCUT2D eigenvalue weighted by Gasteiger charge is -2.33. The first-order chi connectivity index (χ1) is 19.3. The van der Waals surface area contributed by atoms with Crippen LogP contribution in [0.4, 0.5) is 4.79 Å². The maximum absolute atomic E-state index is 12.5. The Morgan fingerprint density at radius 2 is 1.50 bits per heavy atom. The molecule has 0 unspecified atom stereocenters. The summed E-state index contributed by atoms with van der Waals surface area (Å²) in [5.74, 6) is 0.992. The van der Waals surface area contributed by atoms with Crippen molar-refractivity contribution < 1.29 is 19.0 Å². The monoisotopic (exact) mass is 540 g/mol. The van der Waals surface area contributed by atoms with Crippen molar-refractivity contribution in [2.75, 3.05) is 13.1 Å². The molecule has 1 amide bonds. The van der Waals surface area contributed by atoms with E-state index in [1.54, 1.807) is 4.90 Å². The van der Waals surface area contributed by atoms with E-state index in [2.05, 4.69) is 5.10 Å². The van der Waals surface area contributed by atoms with Crippen LogP contribution in [0.25, 0.3) is 11.1 Å². The highest BCUT2D eigenvalue weighted by atomic mass is 16.6. The van der Waals surface area contributed by atoms with Gasteiger partial charge < -0.3 is 19.1 Å². The Bertz CT molecular complexity index is 1390. The molecule has 0 saturated carbocycles. The molecule has 1 fully saturated rings. The van der Waals surface area contributed by atoms with Gasteiger partial charge in [0.05, 0.1) is 12.2 Å². The lowest BCUT2D eigenvalue weighted by molar-refractivity contribution is 0.0185. The van der Waals surface area contributed by atoms with Crippen LogP contribution in [0.5, 0.6) is 11.8 Å². The summed E-state index contributed by atoms with van der Waals surface area (Å²) in [5, 5.41) is 4.67. The highest BCUT2D eigenvalue weighted by molar-refractivity contribution is 5.68. The van der Waals surface area contributed by atoms with Gasteiger partial charge in [-0.3, -0.25) is 4.68 Å². The summed E-state index contributed by atoms with van der Waals surface area (Å²) >= 11 is 0. The van der Waals surface area contributed by atoms with Crippen molar-refractivity contribution in [2.45, 2.75) is 58.5 Å². The number of carbonyl (C=O) groups excluding carboxylic acids is 1. The standard InChI is InChI=1S/C32H36N4O4/c1-32(2,3)40-31(37)35-18-16-27(17-19-35)36-21-26(20-33-36)28-14-15-29(38-22-24-10-6-4-7-11-24)34-30(28)39-23-25-12-8-5-9-13-25/h4-15,20-21,27H,16-19,22-23H2,1-3H3. The minimum atomic E-state index is -0.499. The van der Waals surface area contributed by atoms with Gasteiger partial charge in [-0.25, -0.2) is 4.79 Å². The molecule has 2 aromatic heterocycles. The van der Waals surface area contributed by atoms with Gasteiger partial charge >= 0.3 is 6.09 Å². The van der Waals surface area contributed by atoms with Gasteiger partial charge in [0.2, 0.25) is 11.8 Å². The molecular weight excluding hydrogens is 504 g/mol. The van der Waals surface area contributed by atoms with Crippen LogP contribution >= 0.6 is 0 Å². The summed E-state index contributed by atoms with van der Waals surface area (Å²) in [5.41, 5.74) is 3.39. The predicted octanol–water partition coefficient (Wildman–Crippen LogP) is 6.68. The number of likely N-dealkylation sites (tertiary alicyclic amines) is 1. The van der Waals surface area contributed by atoms with Crippen LogP contribution in [0, 0.1) is 0 Å². The van der Waals surface area contributed by atoms with Crippen molar-refractivity contribution in [3.05, 3.63) is 96.3 Å². The van der Waals surface area contributed by atoms with Crippen molar-refractivity contribution in [1.82, 2.24) is 19.7 Å². The van der Waals surface area contributed by atoms with Crippen LogP contribution in [-0.4, -0.2) is 44.4 Å². The molecule has 208 valence electrons. The molecule has 0 atom stereocenters. The van der Waals surface area contributed by atoms with Crippen LogP contribution in [0.2, 0.25) is 0 Å². The van der Waals surface area contributed by atoms with Gasteiger partial charge in [0, 0.05) is 36.5 Å².